The van der Waals surface area contributed by atoms with Crippen molar-refractivity contribution >= 4 is 0 Å². The van der Waals surface area contributed by atoms with Crippen molar-refractivity contribution in [1.29, 1.82) is 0 Å². The second-order valence-corrected chi connectivity index (χ2v) is 1.95. The zero-order valence-corrected chi connectivity index (χ0v) is 4.90. The Kier molecular flexibility index (Phi) is 2.03. The Bertz CT molecular complexity index is 64.6. The number of hydrogen-bond acceptors (Lipinski definition) is 1. The van der Waals surface area contributed by atoms with Crippen molar-refractivity contribution in [3.63, 3.8) is 0 Å². The highest BCUT2D eigenvalue weighted by Crippen LogP contribution is 2.06. The molecule has 1 heteroatoms. The van der Waals surface area contributed by atoms with Crippen LogP contribution in [-0.2, 0) is 4.74 Å². The van der Waals surface area contributed by atoms with Gasteiger partial charge in [0, 0.05) is 0 Å². The van der Waals surface area contributed by atoms with Crippen LogP contribution < -0.4 is 0 Å². The summed E-state index contributed by atoms with van der Waals surface area (Å²) in [5.41, 5.74) is -0.264. The molecule has 0 unspecified atom stereocenters. The quantitative estimate of drug-likeness (QED) is 0.479. The van der Waals surface area contributed by atoms with Gasteiger partial charge < -0.3 is 4.74 Å². The van der Waals surface area contributed by atoms with Gasteiger partial charge in [-0.2, -0.15) is 0 Å². The van der Waals surface area contributed by atoms with E-state index >= 15 is 0 Å². The van der Waals surface area contributed by atoms with Gasteiger partial charge in [0.2, 0.25) is 0 Å². The summed E-state index contributed by atoms with van der Waals surface area (Å²) < 4.78 is 4.72. The van der Waals surface area contributed by atoms with E-state index in [0.29, 0.717) is 0 Å². The first-order chi connectivity index (χ1) is 3.12. The van der Waals surface area contributed by atoms with E-state index in [1.165, 1.54) is 0 Å². The van der Waals surface area contributed by atoms with Crippen LogP contribution in [0.25, 0.3) is 0 Å². The lowest BCUT2D eigenvalue weighted by Gasteiger charge is -2.15. The summed E-state index contributed by atoms with van der Waals surface area (Å²) >= 11 is 0. The second-order valence-electron chi connectivity index (χ2n) is 1.95. The number of rotatable bonds is 2. The van der Waals surface area contributed by atoms with Crippen LogP contribution in [0, 0.1) is 7.11 Å². The molecule has 0 saturated heterocycles. The minimum absolute atomic E-state index is 0.264. The lowest BCUT2D eigenvalue weighted by atomic mass is 10.1. The monoisotopic (exact) mass is 99.1 g/mol. The molecule has 0 amide bonds. The van der Waals surface area contributed by atoms with E-state index < -0.39 is 0 Å². The third kappa shape index (κ3) is 2.40. The first kappa shape index (κ1) is 6.70. The molecule has 0 aromatic rings. The third-order valence-corrected chi connectivity index (χ3v) is 0.864. The van der Waals surface area contributed by atoms with Crippen molar-refractivity contribution in [3.05, 3.63) is 19.8 Å². The topological polar surface area (TPSA) is 9.23 Å². The highest BCUT2D eigenvalue weighted by atomic mass is 16.5. The lowest BCUT2D eigenvalue weighted by molar-refractivity contribution is 0.0992. The summed E-state index contributed by atoms with van der Waals surface area (Å²) in [4.78, 5) is 0. The van der Waals surface area contributed by atoms with Crippen LogP contribution in [0.2, 0.25) is 0 Å². The maximum Gasteiger partial charge on any atom is 0.0804 e. The summed E-state index contributed by atoms with van der Waals surface area (Å²) in [6, 6.07) is 0. The van der Waals surface area contributed by atoms with Crippen LogP contribution in [0.15, 0.2) is 12.7 Å². The van der Waals surface area contributed by atoms with E-state index in [4.69, 9.17) is 4.74 Å². The molecule has 0 saturated carbocycles. The van der Waals surface area contributed by atoms with Crippen molar-refractivity contribution in [3.8, 4) is 0 Å². The average molecular weight is 99.2 g/mol. The molecule has 0 spiro atoms. The van der Waals surface area contributed by atoms with Gasteiger partial charge in [-0.05, 0) is 13.8 Å². The van der Waals surface area contributed by atoms with Gasteiger partial charge in [-0.1, -0.05) is 6.08 Å². The first-order valence-corrected chi connectivity index (χ1v) is 2.19. The molecule has 0 fully saturated rings. The van der Waals surface area contributed by atoms with E-state index in [2.05, 4.69) is 13.7 Å². The van der Waals surface area contributed by atoms with Crippen LogP contribution in [0.4, 0.5) is 0 Å². The molecular weight excluding hydrogens is 88.1 g/mol. The number of hydrogen-bond donors (Lipinski definition) is 0. The van der Waals surface area contributed by atoms with E-state index in [1.807, 2.05) is 13.8 Å². The molecular formula is C6H11O. The Hall–Kier alpha value is -0.300. The molecule has 7 heavy (non-hydrogen) atoms. The Balaban J connectivity index is 3.58. The van der Waals surface area contributed by atoms with Crippen LogP contribution >= 0.6 is 0 Å². The molecule has 0 aliphatic rings. The van der Waals surface area contributed by atoms with Gasteiger partial charge in [0.25, 0.3) is 0 Å². The highest BCUT2D eigenvalue weighted by molar-refractivity contribution is 4.88. The third-order valence-electron chi connectivity index (χ3n) is 0.864. The van der Waals surface area contributed by atoms with Gasteiger partial charge in [0.1, 0.15) is 0 Å². The van der Waals surface area contributed by atoms with Crippen LogP contribution in [0.5, 0.6) is 0 Å². The molecule has 0 bridgehead atoms. The zero-order chi connectivity index (χ0) is 5.91. The molecule has 0 atom stereocenters. The molecule has 0 rings (SSSR count). The zero-order valence-electron chi connectivity index (χ0n) is 4.90. The molecule has 0 aromatic heterocycles. The maximum atomic E-state index is 4.72. The van der Waals surface area contributed by atoms with Crippen LogP contribution in [0.3, 0.4) is 0 Å². The van der Waals surface area contributed by atoms with Crippen molar-refractivity contribution in [2.75, 3.05) is 0 Å². The fourth-order valence-electron chi connectivity index (χ4n) is 0.0589. The molecule has 0 heterocycles. The van der Waals surface area contributed by atoms with Crippen LogP contribution in [0.1, 0.15) is 13.8 Å². The smallest absolute Gasteiger partial charge is 0.0804 e. The fourth-order valence-corrected chi connectivity index (χ4v) is 0.0589. The van der Waals surface area contributed by atoms with E-state index in [9.17, 15) is 0 Å². The normalized spacial score (nSPS) is 11.3. The van der Waals surface area contributed by atoms with E-state index in [1.54, 1.807) is 6.08 Å². The maximum absolute atomic E-state index is 4.72. The molecule has 0 aliphatic heterocycles. The Labute approximate surface area is 45.0 Å². The summed E-state index contributed by atoms with van der Waals surface area (Å²) in [6.07, 6.45) is 1.71. The Morgan fingerprint density at radius 1 is 1.57 bits per heavy atom. The minimum Gasteiger partial charge on any atom is -0.369 e. The molecule has 41 valence electrons. The van der Waals surface area contributed by atoms with Gasteiger partial charge in [-0.25, -0.2) is 0 Å². The van der Waals surface area contributed by atoms with Gasteiger partial charge in [-0.15, -0.1) is 6.58 Å². The molecule has 0 aromatic carbocycles. The molecule has 1 nitrogen and oxygen atoms in total. The van der Waals surface area contributed by atoms with Crippen molar-refractivity contribution in [1.82, 2.24) is 0 Å². The van der Waals surface area contributed by atoms with Gasteiger partial charge >= 0.3 is 0 Å². The van der Waals surface area contributed by atoms with Crippen molar-refractivity contribution < 1.29 is 4.74 Å². The Morgan fingerprint density at radius 2 is 2.00 bits per heavy atom. The summed E-state index contributed by atoms with van der Waals surface area (Å²) in [7, 11) is 3.26. The summed E-state index contributed by atoms with van der Waals surface area (Å²) in [5.74, 6) is 0. The van der Waals surface area contributed by atoms with Gasteiger partial charge in [0.15, 0.2) is 0 Å². The predicted molar refractivity (Wildman–Crippen MR) is 30.7 cm³/mol. The van der Waals surface area contributed by atoms with Crippen molar-refractivity contribution in [2.45, 2.75) is 19.4 Å². The summed E-state index contributed by atoms with van der Waals surface area (Å²) in [6.45, 7) is 7.33. The van der Waals surface area contributed by atoms with Crippen molar-refractivity contribution in [2.24, 2.45) is 0 Å². The SMILES string of the molecule is [CH2]OC(C)(C)C=C. The second kappa shape index (κ2) is 2.12. The lowest BCUT2D eigenvalue weighted by Crippen LogP contribution is -2.16. The summed E-state index contributed by atoms with van der Waals surface area (Å²) in [5, 5.41) is 0. The Morgan fingerprint density at radius 3 is 2.00 bits per heavy atom. The molecule has 0 aliphatic carbocycles. The van der Waals surface area contributed by atoms with Gasteiger partial charge in [0.05, 0.1) is 12.7 Å². The first-order valence-electron chi connectivity index (χ1n) is 2.19. The molecule has 1 radical (unpaired) electrons. The largest absolute Gasteiger partial charge is 0.369 e. The average Bonchev–Trinajstić information content (AvgIpc) is 1.68. The van der Waals surface area contributed by atoms with Gasteiger partial charge in [-0.3, -0.25) is 0 Å². The fraction of sp³-hybridized carbons (Fsp3) is 0.500. The number of ether oxygens (including phenoxy) is 1. The van der Waals surface area contributed by atoms with E-state index in [-0.39, 0.29) is 5.60 Å². The standard InChI is InChI=1S/C6H11O/c1-5-6(2,3)7-4/h5H,1,4H2,2-3H3. The van der Waals surface area contributed by atoms with Crippen LogP contribution in [-0.4, -0.2) is 5.60 Å². The minimum atomic E-state index is -0.264. The van der Waals surface area contributed by atoms with E-state index in [0.717, 1.165) is 0 Å². The highest BCUT2D eigenvalue weighted by Gasteiger charge is 2.07. The molecule has 0 N–H and O–H groups in total. The predicted octanol–water partition coefficient (Wildman–Crippen LogP) is 1.76.